The van der Waals surface area contributed by atoms with E-state index < -0.39 is 0 Å². The summed E-state index contributed by atoms with van der Waals surface area (Å²) in [7, 11) is 4.66. The van der Waals surface area contributed by atoms with Gasteiger partial charge < -0.3 is 14.2 Å². The van der Waals surface area contributed by atoms with Crippen LogP contribution in [0.5, 0.6) is 17.2 Å². The molecule has 118 valence electrons. The van der Waals surface area contributed by atoms with E-state index in [4.69, 9.17) is 14.2 Å². The van der Waals surface area contributed by atoms with Crippen LogP contribution in [-0.4, -0.2) is 21.3 Å². The zero-order chi connectivity index (χ0) is 16.8. The first kappa shape index (κ1) is 16.9. The topological polar surface area (TPSA) is 51.5 Å². The lowest BCUT2D eigenvalue weighted by atomic mass is 10.0. The minimum atomic E-state index is 0.477. The Labute approximate surface area is 144 Å². The molecule has 0 amide bonds. The van der Waals surface area contributed by atoms with Gasteiger partial charge in [0.25, 0.3) is 0 Å². The molecule has 0 N–H and O–H groups in total. The quantitative estimate of drug-likeness (QED) is 0.570. The zero-order valence-electron chi connectivity index (χ0n) is 13.1. The third-order valence-electron chi connectivity index (χ3n) is 3.30. The molecule has 0 radical (unpaired) electrons. The predicted octanol–water partition coefficient (Wildman–Crippen LogP) is 4.54. The summed E-state index contributed by atoms with van der Waals surface area (Å²) < 4.78 is 17.0. The molecule has 2 rings (SSSR count). The molecular formula is C18H16BrNO3. The van der Waals surface area contributed by atoms with Gasteiger partial charge in [0.1, 0.15) is 5.75 Å². The number of halogens is 1. The minimum absolute atomic E-state index is 0.477. The summed E-state index contributed by atoms with van der Waals surface area (Å²) in [5.74, 6) is 1.64. The number of methoxy groups -OCH3 is 3. The molecule has 0 atom stereocenters. The van der Waals surface area contributed by atoms with Crippen molar-refractivity contribution in [1.82, 2.24) is 0 Å². The summed E-state index contributed by atoms with van der Waals surface area (Å²) >= 11 is 3.40. The van der Waals surface area contributed by atoms with Crippen LogP contribution in [-0.2, 0) is 0 Å². The van der Waals surface area contributed by atoms with Gasteiger partial charge >= 0.3 is 0 Å². The second kappa shape index (κ2) is 7.70. The molecule has 0 aromatic heterocycles. The van der Waals surface area contributed by atoms with Crippen LogP contribution in [0.1, 0.15) is 11.1 Å². The van der Waals surface area contributed by atoms with Crippen LogP contribution in [0.2, 0.25) is 0 Å². The number of rotatable bonds is 5. The van der Waals surface area contributed by atoms with Crippen molar-refractivity contribution in [1.29, 1.82) is 5.26 Å². The van der Waals surface area contributed by atoms with Gasteiger partial charge in [-0.05, 0) is 29.8 Å². The number of hydrogen-bond donors (Lipinski definition) is 0. The van der Waals surface area contributed by atoms with Gasteiger partial charge in [0.15, 0.2) is 11.5 Å². The molecule has 2 aromatic rings. The molecule has 2 aromatic carbocycles. The number of benzene rings is 2. The first-order chi connectivity index (χ1) is 11.1. The number of hydrogen-bond acceptors (Lipinski definition) is 4. The first-order valence-electron chi connectivity index (χ1n) is 6.80. The third-order valence-corrected chi connectivity index (χ3v) is 3.83. The summed E-state index contributed by atoms with van der Waals surface area (Å²) in [6.07, 6.45) is 1.80. The fourth-order valence-electron chi connectivity index (χ4n) is 2.14. The maximum Gasteiger partial charge on any atom is 0.164 e. The highest BCUT2D eigenvalue weighted by atomic mass is 79.9. The fraction of sp³-hybridized carbons (Fsp3) is 0.167. The SMILES string of the molecule is COc1cc(OC)c(/C(C#N)=C/c2ccc(Br)cc2)cc1OC. The Morgan fingerprint density at radius 1 is 0.957 bits per heavy atom. The molecule has 0 spiro atoms. The Balaban J connectivity index is 2.56. The minimum Gasteiger partial charge on any atom is -0.496 e. The average Bonchev–Trinajstić information content (AvgIpc) is 2.60. The fourth-order valence-corrected chi connectivity index (χ4v) is 2.40. The van der Waals surface area contributed by atoms with E-state index in [2.05, 4.69) is 22.0 Å². The number of nitriles is 1. The van der Waals surface area contributed by atoms with Crippen molar-refractivity contribution >= 4 is 27.6 Å². The second-order valence-corrected chi connectivity index (χ2v) is 5.54. The molecule has 5 heteroatoms. The van der Waals surface area contributed by atoms with Crippen molar-refractivity contribution < 1.29 is 14.2 Å². The zero-order valence-corrected chi connectivity index (χ0v) is 14.7. The van der Waals surface area contributed by atoms with E-state index >= 15 is 0 Å². The number of allylic oxidation sites excluding steroid dienone is 1. The Hall–Kier alpha value is -2.45. The lowest BCUT2D eigenvalue weighted by molar-refractivity contribution is 0.348. The molecule has 0 bridgehead atoms. The molecule has 0 saturated heterocycles. The summed E-state index contributed by atoms with van der Waals surface area (Å²) in [5, 5.41) is 9.55. The highest BCUT2D eigenvalue weighted by molar-refractivity contribution is 9.10. The predicted molar refractivity (Wildman–Crippen MR) is 93.7 cm³/mol. The van der Waals surface area contributed by atoms with Gasteiger partial charge in [-0.15, -0.1) is 0 Å². The lowest BCUT2D eigenvalue weighted by Gasteiger charge is -2.13. The van der Waals surface area contributed by atoms with Crippen LogP contribution in [0.15, 0.2) is 40.9 Å². The standard InChI is InChI=1S/C18H16BrNO3/c1-21-16-10-18(23-3)17(22-2)9-15(16)13(11-20)8-12-4-6-14(19)7-5-12/h4-10H,1-3H3/b13-8+. The van der Waals surface area contributed by atoms with Crippen molar-refractivity contribution in [3.05, 3.63) is 52.0 Å². The van der Waals surface area contributed by atoms with Crippen molar-refractivity contribution in [3.8, 4) is 23.3 Å². The maximum absolute atomic E-state index is 9.55. The first-order valence-corrected chi connectivity index (χ1v) is 7.60. The van der Waals surface area contributed by atoms with Crippen molar-refractivity contribution in [2.45, 2.75) is 0 Å². The smallest absolute Gasteiger partial charge is 0.164 e. The van der Waals surface area contributed by atoms with Crippen LogP contribution in [0.25, 0.3) is 11.6 Å². The Morgan fingerprint density at radius 3 is 2.04 bits per heavy atom. The van der Waals surface area contributed by atoms with Crippen LogP contribution < -0.4 is 14.2 Å². The molecular weight excluding hydrogens is 358 g/mol. The van der Waals surface area contributed by atoms with Crippen molar-refractivity contribution in [3.63, 3.8) is 0 Å². The van der Waals surface area contributed by atoms with Gasteiger partial charge in [-0.3, -0.25) is 0 Å². The Kier molecular flexibility index (Phi) is 5.67. The number of nitrogens with zero attached hydrogens (tertiary/aromatic N) is 1. The highest BCUT2D eigenvalue weighted by Crippen LogP contribution is 2.38. The van der Waals surface area contributed by atoms with Gasteiger partial charge in [-0.2, -0.15) is 5.26 Å². The van der Waals surface area contributed by atoms with Crippen LogP contribution in [0, 0.1) is 11.3 Å². The van der Waals surface area contributed by atoms with E-state index in [1.807, 2.05) is 24.3 Å². The molecule has 0 fully saturated rings. The summed E-state index contributed by atoms with van der Waals surface area (Å²) in [6.45, 7) is 0. The van der Waals surface area contributed by atoms with Gasteiger partial charge in [0, 0.05) is 16.1 Å². The molecule has 0 aliphatic heterocycles. The van der Waals surface area contributed by atoms with Gasteiger partial charge in [0.05, 0.1) is 33.0 Å². The molecule has 0 unspecified atom stereocenters. The monoisotopic (exact) mass is 373 g/mol. The maximum atomic E-state index is 9.55. The van der Waals surface area contributed by atoms with Gasteiger partial charge in [0.2, 0.25) is 0 Å². The molecule has 23 heavy (non-hydrogen) atoms. The van der Waals surface area contributed by atoms with Crippen LogP contribution in [0.4, 0.5) is 0 Å². The van der Waals surface area contributed by atoms with E-state index in [0.29, 0.717) is 28.4 Å². The van der Waals surface area contributed by atoms with Crippen LogP contribution in [0.3, 0.4) is 0 Å². The van der Waals surface area contributed by atoms with E-state index in [9.17, 15) is 5.26 Å². The van der Waals surface area contributed by atoms with Gasteiger partial charge in [-0.25, -0.2) is 0 Å². The number of ether oxygens (including phenoxy) is 3. The second-order valence-electron chi connectivity index (χ2n) is 4.63. The molecule has 0 aliphatic rings. The van der Waals surface area contributed by atoms with E-state index in [1.54, 1.807) is 39.5 Å². The van der Waals surface area contributed by atoms with Crippen molar-refractivity contribution in [2.24, 2.45) is 0 Å². The lowest BCUT2D eigenvalue weighted by Crippen LogP contribution is -1.96. The van der Waals surface area contributed by atoms with E-state index in [-0.39, 0.29) is 0 Å². The molecule has 0 saturated carbocycles. The third kappa shape index (κ3) is 3.85. The highest BCUT2D eigenvalue weighted by Gasteiger charge is 2.15. The average molecular weight is 374 g/mol. The summed E-state index contributed by atoms with van der Waals surface area (Å²) in [5.41, 5.74) is 2.04. The largest absolute Gasteiger partial charge is 0.496 e. The van der Waals surface area contributed by atoms with E-state index in [0.717, 1.165) is 10.0 Å². The Morgan fingerprint density at radius 2 is 1.52 bits per heavy atom. The van der Waals surface area contributed by atoms with Crippen LogP contribution >= 0.6 is 15.9 Å². The Bertz CT molecular complexity index is 761. The van der Waals surface area contributed by atoms with Crippen molar-refractivity contribution in [2.75, 3.05) is 21.3 Å². The van der Waals surface area contributed by atoms with Gasteiger partial charge in [-0.1, -0.05) is 28.1 Å². The molecule has 0 heterocycles. The summed E-state index contributed by atoms with van der Waals surface area (Å²) in [4.78, 5) is 0. The molecule has 4 nitrogen and oxygen atoms in total. The summed E-state index contributed by atoms with van der Waals surface area (Å²) in [6, 6.07) is 13.4. The van der Waals surface area contributed by atoms with E-state index in [1.165, 1.54) is 0 Å². The molecule has 0 aliphatic carbocycles. The normalized spacial score (nSPS) is 10.8.